The maximum Gasteiger partial charge on any atom is 0.252 e. The number of piperazine rings is 1. The van der Waals surface area contributed by atoms with Gasteiger partial charge in [0, 0.05) is 38.3 Å². The third-order valence-corrected chi connectivity index (χ3v) is 6.58. The second-order valence-electron chi connectivity index (χ2n) is 8.30. The van der Waals surface area contributed by atoms with Gasteiger partial charge in [-0.15, -0.1) is 0 Å². The first kappa shape index (κ1) is 28.6. The van der Waals surface area contributed by atoms with Gasteiger partial charge in [0.05, 0.1) is 29.5 Å². The molecule has 7 nitrogen and oxygen atoms in total. The molecule has 0 atom stereocenters. The fourth-order valence-corrected chi connectivity index (χ4v) is 4.25. The summed E-state index contributed by atoms with van der Waals surface area (Å²) in [5, 5.41) is 11.7. The fraction of sp³-hybridized carbons (Fsp3) is 0.321. The van der Waals surface area contributed by atoms with Crippen LogP contribution in [0.2, 0.25) is 10.0 Å². The van der Waals surface area contributed by atoms with Gasteiger partial charge in [0.15, 0.2) is 11.5 Å². The van der Waals surface area contributed by atoms with Crippen molar-refractivity contribution < 1.29 is 19.4 Å². The molecule has 0 saturated carbocycles. The summed E-state index contributed by atoms with van der Waals surface area (Å²) in [6, 6.07) is 20.8. The number of amides is 1. The number of nitrogens with one attached hydrogen (secondary N) is 1. The Labute approximate surface area is 228 Å². The summed E-state index contributed by atoms with van der Waals surface area (Å²) in [7, 11) is 1.57. The number of anilines is 1. The van der Waals surface area contributed by atoms with Gasteiger partial charge < -0.3 is 24.8 Å². The molecular weight excluding hydrogens is 513 g/mol. The number of methoxy groups -OCH3 is 1. The molecule has 4 rings (SSSR count). The van der Waals surface area contributed by atoms with Crippen LogP contribution in [0.3, 0.4) is 0 Å². The first-order valence-corrected chi connectivity index (χ1v) is 12.9. The summed E-state index contributed by atoms with van der Waals surface area (Å²) in [6.45, 7) is 6.03. The second-order valence-corrected chi connectivity index (χ2v) is 9.08. The Morgan fingerprint density at radius 2 is 1.68 bits per heavy atom. The molecule has 2 N–H and O–H groups in total. The third kappa shape index (κ3) is 8.27. The van der Waals surface area contributed by atoms with E-state index in [1.165, 1.54) is 0 Å². The van der Waals surface area contributed by atoms with Gasteiger partial charge in [-0.25, -0.2) is 0 Å². The zero-order valence-electron chi connectivity index (χ0n) is 21.1. The predicted octanol–water partition coefficient (Wildman–Crippen LogP) is 5.09. The minimum atomic E-state index is -0.159. The van der Waals surface area contributed by atoms with E-state index in [1.54, 1.807) is 38.3 Å². The van der Waals surface area contributed by atoms with E-state index in [9.17, 15) is 4.79 Å². The van der Waals surface area contributed by atoms with Gasteiger partial charge in [-0.3, -0.25) is 9.69 Å². The Bertz CT molecular complexity index is 1140. The van der Waals surface area contributed by atoms with Gasteiger partial charge >= 0.3 is 0 Å². The molecule has 0 radical (unpaired) electrons. The zero-order valence-corrected chi connectivity index (χ0v) is 22.6. The summed E-state index contributed by atoms with van der Waals surface area (Å²) >= 11 is 12.5. The summed E-state index contributed by atoms with van der Waals surface area (Å²) in [6.07, 6.45) is 0. The average Bonchev–Trinajstić information content (AvgIpc) is 2.93. The van der Waals surface area contributed by atoms with Crippen LogP contribution in [0.15, 0.2) is 66.7 Å². The third-order valence-electron chi connectivity index (χ3n) is 5.77. The monoisotopic (exact) mass is 545 g/mol. The number of hydrogen-bond donors (Lipinski definition) is 2. The highest BCUT2D eigenvalue weighted by Gasteiger charge is 2.20. The minimum absolute atomic E-state index is 0.159. The van der Waals surface area contributed by atoms with E-state index in [0.29, 0.717) is 40.4 Å². The highest BCUT2D eigenvalue weighted by atomic mass is 35.5. The van der Waals surface area contributed by atoms with E-state index in [2.05, 4.69) is 15.1 Å². The van der Waals surface area contributed by atoms with Crippen LogP contribution < -0.4 is 19.7 Å². The van der Waals surface area contributed by atoms with Gasteiger partial charge in [-0.05, 0) is 42.8 Å². The number of benzene rings is 3. The van der Waals surface area contributed by atoms with Crippen molar-refractivity contribution >= 4 is 34.8 Å². The Kier molecular flexibility index (Phi) is 11.4. The normalized spacial score (nSPS) is 13.4. The minimum Gasteiger partial charge on any atom is -0.493 e. The average molecular weight is 546 g/mol. The molecule has 3 aromatic carbocycles. The summed E-state index contributed by atoms with van der Waals surface area (Å²) < 4.78 is 11.3. The van der Waals surface area contributed by atoms with Crippen molar-refractivity contribution in [3.8, 4) is 11.5 Å². The van der Waals surface area contributed by atoms with Crippen LogP contribution in [0.1, 0.15) is 22.8 Å². The number of carbonyl (C=O) groups is 1. The van der Waals surface area contributed by atoms with Crippen molar-refractivity contribution in [3.05, 3.63) is 87.9 Å². The number of rotatable bonds is 8. The summed E-state index contributed by atoms with van der Waals surface area (Å²) in [5.41, 5.74) is 2.52. The number of nitrogens with zero attached hydrogens (tertiary/aromatic N) is 2. The van der Waals surface area contributed by atoms with Gasteiger partial charge in [0.25, 0.3) is 5.91 Å². The number of hydrogen-bond acceptors (Lipinski definition) is 6. The Balaban J connectivity index is 0.00000121. The molecule has 1 saturated heterocycles. The lowest BCUT2D eigenvalue weighted by molar-refractivity contribution is 0.0919. The van der Waals surface area contributed by atoms with Crippen molar-refractivity contribution in [2.75, 3.05) is 51.5 Å². The first-order chi connectivity index (χ1) is 18.0. The molecule has 0 aromatic heterocycles. The van der Waals surface area contributed by atoms with E-state index in [4.69, 9.17) is 37.8 Å². The maximum absolute atomic E-state index is 12.7. The van der Waals surface area contributed by atoms with Crippen molar-refractivity contribution in [1.82, 2.24) is 10.2 Å². The topological polar surface area (TPSA) is 74.3 Å². The number of ether oxygens (including phenoxy) is 2. The highest BCUT2D eigenvalue weighted by Crippen LogP contribution is 2.33. The lowest BCUT2D eigenvalue weighted by atomic mass is 10.2. The van der Waals surface area contributed by atoms with E-state index in [1.807, 2.05) is 42.5 Å². The van der Waals surface area contributed by atoms with Crippen molar-refractivity contribution in [3.63, 3.8) is 0 Å². The van der Waals surface area contributed by atoms with E-state index >= 15 is 0 Å². The van der Waals surface area contributed by atoms with Crippen LogP contribution in [0.5, 0.6) is 11.5 Å². The van der Waals surface area contributed by atoms with Gasteiger partial charge in [0.2, 0.25) is 0 Å². The highest BCUT2D eigenvalue weighted by molar-refractivity contribution is 6.43. The smallest absolute Gasteiger partial charge is 0.252 e. The molecule has 1 aliphatic rings. The van der Waals surface area contributed by atoms with E-state index < -0.39 is 0 Å². The molecule has 1 fully saturated rings. The molecule has 1 amide bonds. The number of halogens is 2. The van der Waals surface area contributed by atoms with Gasteiger partial charge in [-0.2, -0.15) is 0 Å². The second kappa shape index (κ2) is 14.7. The molecule has 0 spiro atoms. The van der Waals surface area contributed by atoms with Crippen LogP contribution in [-0.2, 0) is 6.61 Å². The van der Waals surface area contributed by atoms with Crippen molar-refractivity contribution in [2.24, 2.45) is 0 Å². The quantitative estimate of drug-likeness (QED) is 0.410. The summed E-state index contributed by atoms with van der Waals surface area (Å²) in [4.78, 5) is 17.1. The van der Waals surface area contributed by atoms with Crippen molar-refractivity contribution in [1.29, 1.82) is 0 Å². The maximum atomic E-state index is 12.7. The van der Waals surface area contributed by atoms with Crippen LogP contribution in [0.4, 0.5) is 5.69 Å². The molecule has 9 heteroatoms. The Morgan fingerprint density at radius 3 is 2.35 bits per heavy atom. The standard InChI is InChI=1S/C26H27Cl2N3O3.C2H6O/c1-33-24-16-20(10-11-23(24)34-17-19-6-3-2-4-7-19)26(32)29-18-30-12-14-31(15-13-30)22-9-5-8-21(27)25(22)28;1-2-3/h2-11,16H,12-15,17-18H2,1H3,(H,29,32);3H,2H2,1H3. The molecule has 0 aliphatic carbocycles. The van der Waals surface area contributed by atoms with Crippen molar-refractivity contribution in [2.45, 2.75) is 13.5 Å². The van der Waals surface area contributed by atoms with Gasteiger partial charge in [0.1, 0.15) is 6.61 Å². The molecule has 1 heterocycles. The molecule has 198 valence electrons. The Hall–Kier alpha value is -2.97. The zero-order chi connectivity index (χ0) is 26.6. The number of aliphatic hydroxyl groups is 1. The lowest BCUT2D eigenvalue weighted by Crippen LogP contribution is -2.50. The molecule has 37 heavy (non-hydrogen) atoms. The van der Waals surface area contributed by atoms with Crippen LogP contribution in [-0.4, -0.2) is 62.5 Å². The number of aliphatic hydroxyl groups excluding tert-OH is 1. The molecule has 3 aromatic rings. The van der Waals surface area contributed by atoms with Crippen LogP contribution in [0, 0.1) is 0 Å². The molecule has 0 unspecified atom stereocenters. The van der Waals surface area contributed by atoms with Crippen LogP contribution >= 0.6 is 23.2 Å². The molecule has 0 bridgehead atoms. The number of carbonyl (C=O) groups excluding carboxylic acids is 1. The van der Waals surface area contributed by atoms with Gasteiger partial charge in [-0.1, -0.05) is 59.6 Å². The summed E-state index contributed by atoms with van der Waals surface area (Å²) in [5.74, 6) is 0.961. The molecule has 1 aliphatic heterocycles. The predicted molar refractivity (Wildman–Crippen MR) is 149 cm³/mol. The Morgan fingerprint density at radius 1 is 0.973 bits per heavy atom. The van der Waals surface area contributed by atoms with E-state index in [-0.39, 0.29) is 12.5 Å². The lowest BCUT2D eigenvalue weighted by Gasteiger charge is -2.36. The van der Waals surface area contributed by atoms with Crippen LogP contribution in [0.25, 0.3) is 0 Å². The van der Waals surface area contributed by atoms with E-state index in [0.717, 1.165) is 37.4 Å². The first-order valence-electron chi connectivity index (χ1n) is 12.1. The fourth-order valence-electron chi connectivity index (χ4n) is 3.83. The largest absolute Gasteiger partial charge is 0.493 e. The molecular formula is C28H33Cl2N3O4. The SMILES string of the molecule is CCO.COc1cc(C(=O)NCN2CCN(c3cccc(Cl)c3Cl)CC2)ccc1OCc1ccccc1.